The zero-order valence-electron chi connectivity index (χ0n) is 12.0. The standard InChI is InChI=1S/C14H15N5OS/c1-9(2)18-13(20)10-8-16-14(21-3)17-12(10)19(18)11-6-4-5-7-15-11/h4-9H,1-3H3. The van der Waals surface area contributed by atoms with E-state index < -0.39 is 0 Å². The first-order valence-corrected chi connectivity index (χ1v) is 7.81. The van der Waals surface area contributed by atoms with Crippen molar-refractivity contribution in [2.24, 2.45) is 0 Å². The number of fused-ring (bicyclic) bond motifs is 1. The van der Waals surface area contributed by atoms with Crippen molar-refractivity contribution in [1.82, 2.24) is 24.3 Å². The van der Waals surface area contributed by atoms with E-state index in [2.05, 4.69) is 15.0 Å². The van der Waals surface area contributed by atoms with Crippen LogP contribution in [-0.4, -0.2) is 30.6 Å². The molecule has 0 amide bonds. The van der Waals surface area contributed by atoms with Gasteiger partial charge in [0.1, 0.15) is 5.39 Å². The van der Waals surface area contributed by atoms with E-state index >= 15 is 0 Å². The van der Waals surface area contributed by atoms with Gasteiger partial charge in [-0.25, -0.2) is 24.3 Å². The van der Waals surface area contributed by atoms with Crippen LogP contribution < -0.4 is 5.56 Å². The Labute approximate surface area is 125 Å². The van der Waals surface area contributed by atoms with Gasteiger partial charge in [0.15, 0.2) is 16.6 Å². The summed E-state index contributed by atoms with van der Waals surface area (Å²) in [5.74, 6) is 0.670. The van der Waals surface area contributed by atoms with Gasteiger partial charge in [-0.3, -0.25) is 4.79 Å². The highest BCUT2D eigenvalue weighted by molar-refractivity contribution is 7.98. The maximum absolute atomic E-state index is 12.6. The van der Waals surface area contributed by atoms with E-state index in [9.17, 15) is 4.79 Å². The second-order valence-electron chi connectivity index (χ2n) is 4.84. The highest BCUT2D eigenvalue weighted by Crippen LogP contribution is 2.18. The number of rotatable bonds is 3. The summed E-state index contributed by atoms with van der Waals surface area (Å²) in [5, 5.41) is 1.14. The second kappa shape index (κ2) is 5.33. The number of hydrogen-bond donors (Lipinski definition) is 0. The summed E-state index contributed by atoms with van der Waals surface area (Å²) >= 11 is 1.44. The number of aromatic nitrogens is 5. The van der Waals surface area contributed by atoms with E-state index in [-0.39, 0.29) is 11.6 Å². The number of hydrogen-bond acceptors (Lipinski definition) is 5. The Hall–Kier alpha value is -2.15. The predicted molar refractivity (Wildman–Crippen MR) is 83.1 cm³/mol. The minimum absolute atomic E-state index is 0.00793. The zero-order valence-corrected chi connectivity index (χ0v) is 12.8. The second-order valence-corrected chi connectivity index (χ2v) is 5.61. The van der Waals surface area contributed by atoms with Gasteiger partial charge in [-0.05, 0) is 32.2 Å². The molecule has 21 heavy (non-hydrogen) atoms. The third-order valence-corrected chi connectivity index (χ3v) is 3.70. The summed E-state index contributed by atoms with van der Waals surface area (Å²) in [6, 6.07) is 5.58. The highest BCUT2D eigenvalue weighted by atomic mass is 32.2. The van der Waals surface area contributed by atoms with Crippen LogP contribution in [-0.2, 0) is 0 Å². The Morgan fingerprint density at radius 2 is 2.05 bits per heavy atom. The molecule has 3 aromatic rings. The Morgan fingerprint density at radius 3 is 2.67 bits per heavy atom. The molecule has 0 N–H and O–H groups in total. The van der Waals surface area contributed by atoms with Gasteiger partial charge in [0.2, 0.25) is 0 Å². The van der Waals surface area contributed by atoms with Gasteiger partial charge in [-0.15, -0.1) is 0 Å². The molecule has 0 saturated carbocycles. The molecule has 0 saturated heterocycles. The molecule has 0 aliphatic heterocycles. The summed E-state index contributed by atoms with van der Waals surface area (Å²) in [5.41, 5.74) is 0.491. The van der Waals surface area contributed by atoms with Gasteiger partial charge in [0, 0.05) is 18.4 Å². The molecule has 0 aliphatic rings. The summed E-state index contributed by atoms with van der Waals surface area (Å²) in [6.07, 6.45) is 5.20. The lowest BCUT2D eigenvalue weighted by molar-refractivity contribution is 0.471. The normalized spacial score (nSPS) is 11.4. The Bertz CT molecular complexity index is 838. The summed E-state index contributed by atoms with van der Waals surface area (Å²) in [4.78, 5) is 25.6. The molecular formula is C14H15N5OS. The molecule has 6 nitrogen and oxygen atoms in total. The van der Waals surface area contributed by atoms with Crippen molar-refractivity contribution in [2.45, 2.75) is 25.0 Å². The van der Waals surface area contributed by atoms with Crippen LogP contribution in [0.3, 0.4) is 0 Å². The first-order valence-electron chi connectivity index (χ1n) is 6.59. The third kappa shape index (κ3) is 2.23. The molecule has 3 heterocycles. The molecule has 108 valence electrons. The summed E-state index contributed by atoms with van der Waals surface area (Å²) in [7, 11) is 0. The molecule has 0 aromatic carbocycles. The van der Waals surface area contributed by atoms with Gasteiger partial charge < -0.3 is 0 Å². The molecule has 0 unspecified atom stereocenters. The first-order chi connectivity index (χ1) is 10.1. The van der Waals surface area contributed by atoms with Gasteiger partial charge in [0.05, 0.1) is 0 Å². The quantitative estimate of drug-likeness (QED) is 0.548. The lowest BCUT2D eigenvalue weighted by atomic mass is 10.4. The molecule has 3 aromatic heterocycles. The zero-order chi connectivity index (χ0) is 15.0. The van der Waals surface area contributed by atoms with E-state index in [4.69, 9.17) is 0 Å². The molecule has 0 atom stereocenters. The van der Waals surface area contributed by atoms with Crippen molar-refractivity contribution >= 4 is 22.8 Å². The summed E-state index contributed by atoms with van der Waals surface area (Å²) in [6.45, 7) is 3.92. The highest BCUT2D eigenvalue weighted by Gasteiger charge is 2.19. The largest absolute Gasteiger partial charge is 0.278 e. The van der Waals surface area contributed by atoms with Crippen molar-refractivity contribution in [3.05, 3.63) is 40.9 Å². The van der Waals surface area contributed by atoms with Gasteiger partial charge in [0.25, 0.3) is 5.56 Å². The topological polar surface area (TPSA) is 65.6 Å². The van der Waals surface area contributed by atoms with Crippen molar-refractivity contribution in [3.8, 4) is 5.82 Å². The van der Waals surface area contributed by atoms with Gasteiger partial charge in [-0.1, -0.05) is 17.8 Å². The Morgan fingerprint density at radius 1 is 1.24 bits per heavy atom. The van der Waals surface area contributed by atoms with Crippen LogP contribution in [0, 0.1) is 0 Å². The van der Waals surface area contributed by atoms with Gasteiger partial charge in [-0.2, -0.15) is 0 Å². The van der Waals surface area contributed by atoms with E-state index in [1.54, 1.807) is 21.8 Å². The van der Waals surface area contributed by atoms with Crippen molar-refractivity contribution in [2.75, 3.05) is 6.26 Å². The van der Waals surface area contributed by atoms with Crippen LogP contribution in [0.5, 0.6) is 0 Å². The number of nitrogens with zero attached hydrogens (tertiary/aromatic N) is 5. The van der Waals surface area contributed by atoms with Crippen LogP contribution in [0.1, 0.15) is 19.9 Å². The molecular weight excluding hydrogens is 286 g/mol. The molecule has 7 heteroatoms. The van der Waals surface area contributed by atoms with Crippen LogP contribution in [0.25, 0.3) is 16.9 Å². The van der Waals surface area contributed by atoms with E-state index in [0.717, 1.165) is 0 Å². The fourth-order valence-electron chi connectivity index (χ4n) is 2.25. The molecule has 0 aliphatic carbocycles. The van der Waals surface area contributed by atoms with Crippen molar-refractivity contribution < 1.29 is 0 Å². The number of pyridine rings is 1. The molecule has 0 spiro atoms. The van der Waals surface area contributed by atoms with Crippen molar-refractivity contribution in [1.29, 1.82) is 0 Å². The van der Waals surface area contributed by atoms with Crippen LogP contribution in [0.2, 0.25) is 0 Å². The molecule has 0 fully saturated rings. The van der Waals surface area contributed by atoms with Crippen LogP contribution in [0.15, 0.2) is 40.5 Å². The van der Waals surface area contributed by atoms with Crippen LogP contribution >= 0.6 is 11.8 Å². The lowest BCUT2D eigenvalue weighted by Crippen LogP contribution is -2.24. The van der Waals surface area contributed by atoms with Crippen molar-refractivity contribution in [3.63, 3.8) is 0 Å². The maximum Gasteiger partial charge on any atom is 0.278 e. The maximum atomic E-state index is 12.6. The van der Waals surface area contributed by atoms with Crippen LogP contribution in [0.4, 0.5) is 0 Å². The molecule has 0 bridgehead atoms. The fourth-order valence-corrected chi connectivity index (χ4v) is 2.58. The first kappa shape index (κ1) is 13.8. The molecule has 0 radical (unpaired) electrons. The summed E-state index contributed by atoms with van der Waals surface area (Å²) < 4.78 is 3.43. The van der Waals surface area contributed by atoms with E-state index in [1.807, 2.05) is 38.3 Å². The smallest absolute Gasteiger partial charge is 0.267 e. The van der Waals surface area contributed by atoms with Gasteiger partial charge >= 0.3 is 0 Å². The SMILES string of the molecule is CSc1ncc2c(=O)n(C(C)C)n(-c3ccccn3)c2n1. The van der Waals surface area contributed by atoms with E-state index in [0.29, 0.717) is 22.0 Å². The Kier molecular flexibility index (Phi) is 3.50. The predicted octanol–water partition coefficient (Wildman–Crippen LogP) is 2.28. The monoisotopic (exact) mass is 301 g/mol. The lowest BCUT2D eigenvalue weighted by Gasteiger charge is -2.14. The third-order valence-electron chi connectivity index (χ3n) is 3.14. The Balaban J connectivity index is 2.44. The number of thioether (sulfide) groups is 1. The average molecular weight is 301 g/mol. The van der Waals surface area contributed by atoms with E-state index in [1.165, 1.54) is 11.8 Å². The fraction of sp³-hybridized carbons (Fsp3) is 0.286. The average Bonchev–Trinajstić information content (AvgIpc) is 2.80. The minimum Gasteiger partial charge on any atom is -0.267 e. The minimum atomic E-state index is -0.0988. The molecule has 3 rings (SSSR count).